The molecule has 0 aliphatic heterocycles. The van der Waals surface area contributed by atoms with E-state index in [1.54, 1.807) is 12.1 Å². The Balaban J connectivity index is 2.31. The van der Waals surface area contributed by atoms with Crippen molar-refractivity contribution >= 4 is 10.1 Å². The maximum absolute atomic E-state index is 12.4. The minimum absolute atomic E-state index is 0.269. The van der Waals surface area contributed by atoms with Crippen molar-refractivity contribution in [1.29, 1.82) is 0 Å². The fraction of sp³-hybridized carbons (Fsp3) is 0.727. The molecule has 0 saturated heterocycles. The van der Waals surface area contributed by atoms with Gasteiger partial charge in [0.1, 0.15) is 0 Å². The first-order chi connectivity index (χ1) is 12.6. The Morgan fingerprint density at radius 1 is 0.731 bits per heavy atom. The van der Waals surface area contributed by atoms with E-state index in [0.717, 1.165) is 31.2 Å². The summed E-state index contributed by atoms with van der Waals surface area (Å²) in [5.41, 5.74) is 0.892. The van der Waals surface area contributed by atoms with E-state index < -0.39 is 10.1 Å². The zero-order chi connectivity index (χ0) is 19.1. The van der Waals surface area contributed by atoms with E-state index in [4.69, 9.17) is 4.18 Å². The molecule has 1 aromatic rings. The number of hydrogen-bond donors (Lipinski definition) is 0. The highest BCUT2D eigenvalue weighted by Gasteiger charge is 2.18. The molecule has 0 bridgehead atoms. The van der Waals surface area contributed by atoms with Crippen molar-refractivity contribution in [1.82, 2.24) is 0 Å². The zero-order valence-electron chi connectivity index (χ0n) is 16.8. The Morgan fingerprint density at radius 3 is 1.88 bits per heavy atom. The normalized spacial score (nSPS) is 11.8. The topological polar surface area (TPSA) is 43.4 Å². The molecular weight excluding hydrogens is 344 g/mol. The van der Waals surface area contributed by atoms with E-state index in [9.17, 15) is 8.42 Å². The molecule has 26 heavy (non-hydrogen) atoms. The summed E-state index contributed by atoms with van der Waals surface area (Å²) < 4.78 is 29.9. The molecule has 0 atom stereocenters. The summed E-state index contributed by atoms with van der Waals surface area (Å²) >= 11 is 0. The number of hydrogen-bond acceptors (Lipinski definition) is 3. The molecule has 0 amide bonds. The van der Waals surface area contributed by atoms with Crippen LogP contribution in [0, 0.1) is 0 Å². The van der Waals surface area contributed by atoms with Gasteiger partial charge in [0, 0.05) is 0 Å². The van der Waals surface area contributed by atoms with Crippen molar-refractivity contribution in [2.45, 2.75) is 102 Å². The average molecular weight is 383 g/mol. The molecule has 4 heteroatoms. The second-order valence-electron chi connectivity index (χ2n) is 7.17. The van der Waals surface area contributed by atoms with Gasteiger partial charge < -0.3 is 0 Å². The highest BCUT2D eigenvalue weighted by Crippen LogP contribution is 2.21. The van der Waals surface area contributed by atoms with Gasteiger partial charge in [0.05, 0.1) is 11.5 Å². The first-order valence-corrected chi connectivity index (χ1v) is 12.0. The highest BCUT2D eigenvalue weighted by molar-refractivity contribution is 7.86. The fourth-order valence-corrected chi connectivity index (χ4v) is 4.33. The van der Waals surface area contributed by atoms with Gasteiger partial charge in [-0.1, -0.05) is 96.3 Å². The van der Waals surface area contributed by atoms with E-state index in [1.807, 2.05) is 19.1 Å². The molecule has 0 heterocycles. The van der Waals surface area contributed by atoms with Gasteiger partial charge in [0.25, 0.3) is 10.1 Å². The Hall–Kier alpha value is -0.870. The summed E-state index contributed by atoms with van der Waals surface area (Å²) in [4.78, 5) is 0.354. The first kappa shape index (κ1) is 23.2. The standard InChI is InChI=1S/C22H38O3S/c1-3-5-7-8-9-10-11-12-13-14-17-21-18-15-16-19-22(21)26(23,24)25-20-6-4-2/h15-16,18-19H,3-14,17,20H2,1-2H3. The summed E-state index contributed by atoms with van der Waals surface area (Å²) in [7, 11) is -3.63. The molecular formula is C22H38O3S. The van der Waals surface area contributed by atoms with Crippen LogP contribution < -0.4 is 0 Å². The van der Waals surface area contributed by atoms with Crippen molar-refractivity contribution in [3.05, 3.63) is 29.8 Å². The summed E-state index contributed by atoms with van der Waals surface area (Å²) in [6.07, 6.45) is 15.4. The van der Waals surface area contributed by atoms with Gasteiger partial charge >= 0.3 is 0 Å². The van der Waals surface area contributed by atoms with Gasteiger partial charge in [-0.3, -0.25) is 4.18 Å². The molecule has 0 aliphatic rings. The Kier molecular flexibility index (Phi) is 12.7. The maximum atomic E-state index is 12.4. The molecule has 150 valence electrons. The van der Waals surface area contributed by atoms with Crippen molar-refractivity contribution in [2.24, 2.45) is 0 Å². The number of benzene rings is 1. The van der Waals surface area contributed by atoms with Gasteiger partial charge in [-0.25, -0.2) is 0 Å². The van der Waals surface area contributed by atoms with Crippen LogP contribution in [0.3, 0.4) is 0 Å². The lowest BCUT2D eigenvalue weighted by molar-refractivity contribution is 0.310. The van der Waals surface area contributed by atoms with E-state index in [2.05, 4.69) is 6.92 Å². The second kappa shape index (κ2) is 14.2. The van der Waals surface area contributed by atoms with Gasteiger partial charge in [0.2, 0.25) is 0 Å². The van der Waals surface area contributed by atoms with E-state index >= 15 is 0 Å². The van der Waals surface area contributed by atoms with Crippen LogP contribution in [0.25, 0.3) is 0 Å². The largest absolute Gasteiger partial charge is 0.297 e. The van der Waals surface area contributed by atoms with Crippen molar-refractivity contribution in [3.63, 3.8) is 0 Å². The van der Waals surface area contributed by atoms with Gasteiger partial charge in [-0.15, -0.1) is 0 Å². The predicted molar refractivity (Wildman–Crippen MR) is 110 cm³/mol. The van der Waals surface area contributed by atoms with Crippen molar-refractivity contribution in [2.75, 3.05) is 6.61 Å². The summed E-state index contributed by atoms with van der Waals surface area (Å²) in [6, 6.07) is 7.28. The molecule has 0 radical (unpaired) electrons. The van der Waals surface area contributed by atoms with E-state index in [1.165, 1.54) is 57.8 Å². The smallest absolute Gasteiger partial charge is 0.266 e. The van der Waals surface area contributed by atoms with E-state index in [0.29, 0.717) is 4.90 Å². The van der Waals surface area contributed by atoms with Gasteiger partial charge in [0.15, 0.2) is 0 Å². The number of aryl methyl sites for hydroxylation is 1. The third kappa shape index (κ3) is 9.72. The van der Waals surface area contributed by atoms with Crippen LogP contribution in [0.1, 0.15) is 96.5 Å². The molecule has 0 fully saturated rings. The summed E-state index contributed by atoms with van der Waals surface area (Å²) in [5.74, 6) is 0. The van der Waals surface area contributed by atoms with Crippen LogP contribution in [0.5, 0.6) is 0 Å². The summed E-state index contributed by atoms with van der Waals surface area (Å²) in [5, 5.41) is 0. The molecule has 0 spiro atoms. The van der Waals surface area contributed by atoms with Crippen LogP contribution in [0.4, 0.5) is 0 Å². The lowest BCUT2D eigenvalue weighted by Gasteiger charge is -2.10. The molecule has 0 aromatic heterocycles. The molecule has 1 aromatic carbocycles. The number of unbranched alkanes of at least 4 members (excludes halogenated alkanes) is 10. The summed E-state index contributed by atoms with van der Waals surface area (Å²) in [6.45, 7) is 4.54. The first-order valence-electron chi connectivity index (χ1n) is 10.6. The van der Waals surface area contributed by atoms with Crippen LogP contribution in [-0.4, -0.2) is 15.0 Å². The van der Waals surface area contributed by atoms with Crippen LogP contribution in [0.15, 0.2) is 29.2 Å². The maximum Gasteiger partial charge on any atom is 0.297 e. The fourth-order valence-electron chi connectivity index (χ4n) is 3.13. The quantitative estimate of drug-likeness (QED) is 0.237. The van der Waals surface area contributed by atoms with Gasteiger partial charge in [-0.2, -0.15) is 8.42 Å². The molecule has 0 N–H and O–H groups in total. The second-order valence-corrected chi connectivity index (χ2v) is 8.75. The predicted octanol–water partition coefficient (Wildman–Crippen LogP) is 6.66. The highest BCUT2D eigenvalue weighted by atomic mass is 32.2. The average Bonchev–Trinajstić information content (AvgIpc) is 2.63. The monoisotopic (exact) mass is 382 g/mol. The lowest BCUT2D eigenvalue weighted by atomic mass is 10.0. The third-order valence-corrected chi connectivity index (χ3v) is 6.19. The molecule has 0 aliphatic carbocycles. The lowest BCUT2D eigenvalue weighted by Crippen LogP contribution is -2.10. The Labute approximate surface area is 161 Å². The van der Waals surface area contributed by atoms with Crippen LogP contribution in [-0.2, 0) is 20.7 Å². The minimum Gasteiger partial charge on any atom is -0.266 e. The molecule has 3 nitrogen and oxygen atoms in total. The molecule has 1 rings (SSSR count). The van der Waals surface area contributed by atoms with Gasteiger partial charge in [-0.05, 0) is 30.9 Å². The number of rotatable bonds is 16. The molecule has 0 unspecified atom stereocenters. The Morgan fingerprint density at radius 2 is 1.27 bits per heavy atom. The third-order valence-electron chi connectivity index (χ3n) is 4.78. The van der Waals surface area contributed by atoms with Crippen molar-refractivity contribution < 1.29 is 12.6 Å². The van der Waals surface area contributed by atoms with Crippen molar-refractivity contribution in [3.8, 4) is 0 Å². The SMILES string of the molecule is CCCCCCCCCCCCc1ccccc1S(=O)(=O)OCCCC. The molecule has 0 saturated carbocycles. The Bertz CT molecular complexity index is 567. The minimum atomic E-state index is -3.63. The zero-order valence-corrected chi connectivity index (χ0v) is 17.7. The van der Waals surface area contributed by atoms with E-state index in [-0.39, 0.29) is 6.61 Å². The van der Waals surface area contributed by atoms with Crippen LogP contribution >= 0.6 is 0 Å². The van der Waals surface area contributed by atoms with Crippen LogP contribution in [0.2, 0.25) is 0 Å².